The number of benzene rings is 1. The monoisotopic (exact) mass is 257 g/mol. The van der Waals surface area contributed by atoms with Crippen molar-refractivity contribution in [1.29, 1.82) is 0 Å². The Balaban J connectivity index is 2.02. The highest BCUT2D eigenvalue weighted by atomic mass is 15.3. The van der Waals surface area contributed by atoms with Crippen LogP contribution in [0.25, 0.3) is 11.0 Å². The highest BCUT2D eigenvalue weighted by Crippen LogP contribution is 2.25. The Labute approximate surface area is 113 Å². The molecule has 0 radical (unpaired) electrons. The van der Waals surface area contributed by atoms with Gasteiger partial charge in [-0.3, -0.25) is 0 Å². The van der Waals surface area contributed by atoms with Gasteiger partial charge in [-0.15, -0.1) is 0 Å². The first kappa shape index (κ1) is 12.2. The number of fused-ring (bicyclic) bond motifs is 1. The Morgan fingerprint density at radius 2 is 1.84 bits per heavy atom. The van der Waals surface area contributed by atoms with Gasteiger partial charge in [0.05, 0.1) is 11.0 Å². The first-order valence-electron chi connectivity index (χ1n) is 6.62. The predicted molar refractivity (Wildman–Crippen MR) is 78.3 cm³/mol. The van der Waals surface area contributed by atoms with E-state index in [1.54, 1.807) is 0 Å². The largest absolute Gasteiger partial charge is 0.381 e. The zero-order chi connectivity index (χ0) is 13.4. The topological polar surface area (TPSA) is 58.3 Å². The third kappa shape index (κ3) is 2.21. The van der Waals surface area contributed by atoms with Crippen LogP contribution in [-0.4, -0.2) is 47.6 Å². The van der Waals surface area contributed by atoms with Crippen LogP contribution in [0.15, 0.2) is 24.3 Å². The molecule has 1 atom stereocenters. The van der Waals surface area contributed by atoms with Crippen molar-refractivity contribution in [3.8, 4) is 0 Å². The average Bonchev–Trinajstić information content (AvgIpc) is 2.38. The molecule has 2 N–H and O–H groups in total. The van der Waals surface area contributed by atoms with Gasteiger partial charge in [-0.05, 0) is 26.1 Å². The molecule has 3 rings (SSSR count). The molecular weight excluding hydrogens is 238 g/mol. The molecule has 0 aliphatic carbocycles. The van der Waals surface area contributed by atoms with Gasteiger partial charge in [-0.1, -0.05) is 12.1 Å². The minimum absolute atomic E-state index is 0.400. The molecular formula is C14H19N5. The van der Waals surface area contributed by atoms with Gasteiger partial charge in [0.25, 0.3) is 0 Å². The van der Waals surface area contributed by atoms with E-state index >= 15 is 0 Å². The van der Waals surface area contributed by atoms with Crippen LogP contribution >= 0.6 is 0 Å². The van der Waals surface area contributed by atoms with Gasteiger partial charge in [0.1, 0.15) is 0 Å². The van der Waals surface area contributed by atoms with E-state index < -0.39 is 0 Å². The second kappa shape index (κ2) is 4.66. The summed E-state index contributed by atoms with van der Waals surface area (Å²) in [4.78, 5) is 13.7. The van der Waals surface area contributed by atoms with E-state index in [0.717, 1.165) is 36.5 Å². The van der Waals surface area contributed by atoms with Crippen molar-refractivity contribution < 1.29 is 0 Å². The van der Waals surface area contributed by atoms with Crippen LogP contribution in [0.2, 0.25) is 0 Å². The molecule has 1 aliphatic heterocycles. The summed E-state index contributed by atoms with van der Waals surface area (Å²) in [5.74, 6) is 1.34. The fourth-order valence-electron chi connectivity index (χ4n) is 2.67. The van der Waals surface area contributed by atoms with E-state index in [1.165, 1.54) is 0 Å². The lowest BCUT2D eigenvalue weighted by molar-refractivity contribution is 0.275. The van der Waals surface area contributed by atoms with Crippen molar-refractivity contribution in [1.82, 2.24) is 14.9 Å². The van der Waals surface area contributed by atoms with Gasteiger partial charge >= 0.3 is 0 Å². The van der Waals surface area contributed by atoms with Crippen LogP contribution in [0.1, 0.15) is 6.92 Å². The zero-order valence-corrected chi connectivity index (χ0v) is 11.4. The Morgan fingerprint density at radius 1 is 1.16 bits per heavy atom. The number of likely N-dealkylation sites (N-methyl/N-ethyl adjacent to an activating group) is 1. The summed E-state index contributed by atoms with van der Waals surface area (Å²) in [5, 5.41) is 0. The summed E-state index contributed by atoms with van der Waals surface area (Å²) in [5.41, 5.74) is 7.84. The molecule has 1 unspecified atom stereocenters. The molecule has 2 aromatic rings. The second-order valence-electron chi connectivity index (χ2n) is 5.23. The first-order valence-corrected chi connectivity index (χ1v) is 6.62. The van der Waals surface area contributed by atoms with Crippen LogP contribution < -0.4 is 10.6 Å². The van der Waals surface area contributed by atoms with Crippen molar-refractivity contribution in [3.05, 3.63) is 24.3 Å². The average molecular weight is 257 g/mol. The van der Waals surface area contributed by atoms with E-state index in [9.17, 15) is 0 Å². The Hall–Kier alpha value is -1.88. The molecule has 100 valence electrons. The number of piperazine rings is 1. The maximum atomic E-state index is 6.09. The zero-order valence-electron chi connectivity index (χ0n) is 11.4. The minimum Gasteiger partial charge on any atom is -0.381 e. The number of rotatable bonds is 1. The molecule has 1 saturated heterocycles. The fourth-order valence-corrected chi connectivity index (χ4v) is 2.67. The summed E-state index contributed by atoms with van der Waals surface area (Å²) in [6, 6.07) is 8.25. The van der Waals surface area contributed by atoms with Gasteiger partial charge < -0.3 is 15.5 Å². The Bertz CT molecular complexity index is 597. The van der Waals surface area contributed by atoms with Gasteiger partial charge in [0, 0.05) is 25.7 Å². The summed E-state index contributed by atoms with van der Waals surface area (Å²) in [6.45, 7) is 5.19. The molecule has 5 nitrogen and oxygen atoms in total. The third-order valence-corrected chi connectivity index (χ3v) is 3.68. The highest BCUT2D eigenvalue weighted by Gasteiger charge is 2.24. The number of hydrogen-bond acceptors (Lipinski definition) is 5. The van der Waals surface area contributed by atoms with Crippen molar-refractivity contribution in [2.24, 2.45) is 0 Å². The number of nitrogen functional groups attached to an aromatic ring is 1. The number of nitrogens with zero attached hydrogens (tertiary/aromatic N) is 4. The van der Waals surface area contributed by atoms with Gasteiger partial charge in [0.2, 0.25) is 0 Å². The van der Waals surface area contributed by atoms with Gasteiger partial charge in [-0.2, -0.15) is 0 Å². The lowest BCUT2D eigenvalue weighted by Crippen LogP contribution is -2.51. The van der Waals surface area contributed by atoms with Crippen molar-refractivity contribution >= 4 is 22.7 Å². The molecule has 1 aliphatic rings. The van der Waals surface area contributed by atoms with Crippen molar-refractivity contribution in [2.45, 2.75) is 13.0 Å². The highest BCUT2D eigenvalue weighted by molar-refractivity contribution is 5.79. The van der Waals surface area contributed by atoms with Gasteiger partial charge in [0.15, 0.2) is 11.6 Å². The molecule has 0 spiro atoms. The normalized spacial score (nSPS) is 20.9. The van der Waals surface area contributed by atoms with E-state index in [0.29, 0.717) is 11.9 Å². The van der Waals surface area contributed by atoms with E-state index in [-0.39, 0.29) is 0 Å². The Kier molecular flexibility index (Phi) is 2.98. The number of para-hydroxylation sites is 2. The van der Waals surface area contributed by atoms with Crippen LogP contribution in [0.3, 0.4) is 0 Å². The number of anilines is 2. The summed E-state index contributed by atoms with van der Waals surface area (Å²) in [6.07, 6.45) is 0. The third-order valence-electron chi connectivity index (χ3n) is 3.68. The molecule has 0 amide bonds. The van der Waals surface area contributed by atoms with Crippen molar-refractivity contribution in [3.63, 3.8) is 0 Å². The summed E-state index contributed by atoms with van der Waals surface area (Å²) >= 11 is 0. The summed E-state index contributed by atoms with van der Waals surface area (Å²) < 4.78 is 0. The summed E-state index contributed by atoms with van der Waals surface area (Å²) in [7, 11) is 2.14. The van der Waals surface area contributed by atoms with Crippen molar-refractivity contribution in [2.75, 3.05) is 37.3 Å². The lowest BCUT2D eigenvalue weighted by Gasteiger charge is -2.39. The minimum atomic E-state index is 0.400. The van der Waals surface area contributed by atoms with Gasteiger partial charge in [-0.25, -0.2) is 9.97 Å². The van der Waals surface area contributed by atoms with Crippen LogP contribution in [-0.2, 0) is 0 Å². The van der Waals surface area contributed by atoms with Crippen LogP contribution in [0.4, 0.5) is 11.6 Å². The molecule has 5 heteroatoms. The van der Waals surface area contributed by atoms with E-state index in [2.05, 4.69) is 28.8 Å². The molecule has 19 heavy (non-hydrogen) atoms. The molecule has 1 aromatic carbocycles. The quantitative estimate of drug-likeness (QED) is 0.835. The molecule has 1 fully saturated rings. The van der Waals surface area contributed by atoms with E-state index in [4.69, 9.17) is 10.7 Å². The van der Waals surface area contributed by atoms with Crippen LogP contribution in [0, 0.1) is 0 Å². The number of aromatic nitrogens is 2. The molecule has 2 heterocycles. The SMILES string of the molecule is CC1CN(C)CCN1c1nc2ccccc2nc1N. The van der Waals surface area contributed by atoms with E-state index in [1.807, 2.05) is 24.3 Å². The smallest absolute Gasteiger partial charge is 0.172 e. The molecule has 1 aromatic heterocycles. The standard InChI is InChI=1S/C14H19N5/c1-10-9-18(2)7-8-19(10)14-13(15)16-11-5-3-4-6-12(11)17-14/h3-6,10H,7-9H2,1-2H3,(H2,15,16). The molecule has 0 bridgehead atoms. The fraction of sp³-hybridized carbons (Fsp3) is 0.429. The second-order valence-corrected chi connectivity index (χ2v) is 5.23. The van der Waals surface area contributed by atoms with Crippen LogP contribution in [0.5, 0.6) is 0 Å². The molecule has 0 saturated carbocycles. The predicted octanol–water partition coefficient (Wildman–Crippen LogP) is 1.35. The first-order chi connectivity index (χ1) is 9.15. The number of hydrogen-bond donors (Lipinski definition) is 1. The Morgan fingerprint density at radius 3 is 2.53 bits per heavy atom. The lowest BCUT2D eigenvalue weighted by atomic mass is 10.2. The maximum Gasteiger partial charge on any atom is 0.172 e. The maximum absolute atomic E-state index is 6.09. The number of nitrogens with two attached hydrogens (primary N) is 1.